The Kier molecular flexibility index (Phi) is 6.25. The number of hydrogen-bond donors (Lipinski definition) is 0. The minimum atomic E-state index is -0.217. The Labute approximate surface area is 92.5 Å². The van der Waals surface area contributed by atoms with Crippen molar-refractivity contribution < 1.29 is 14.3 Å². The largest absolute Gasteiger partial charge is 0.469 e. The molecule has 0 aliphatic carbocycles. The van der Waals surface area contributed by atoms with Gasteiger partial charge < -0.3 is 9.47 Å². The maximum atomic E-state index is 11.3. The summed E-state index contributed by atoms with van der Waals surface area (Å²) < 4.78 is 9.93. The molecule has 0 radical (unpaired) electrons. The highest BCUT2D eigenvalue weighted by Gasteiger charge is 2.25. The summed E-state index contributed by atoms with van der Waals surface area (Å²) in [6, 6.07) is 0. The van der Waals surface area contributed by atoms with E-state index in [-0.39, 0.29) is 18.0 Å². The number of ether oxygens (including phenoxy) is 2. The Bertz CT molecular complexity index is 221. The van der Waals surface area contributed by atoms with E-state index in [1.54, 1.807) is 7.11 Å². The van der Waals surface area contributed by atoms with E-state index in [1.807, 2.05) is 6.92 Å². The van der Waals surface area contributed by atoms with Crippen LogP contribution in [-0.4, -0.2) is 26.3 Å². The first-order valence-corrected chi connectivity index (χ1v) is 5.22. The van der Waals surface area contributed by atoms with Crippen LogP contribution < -0.4 is 0 Å². The van der Waals surface area contributed by atoms with E-state index >= 15 is 0 Å². The number of methoxy groups -OCH3 is 2. The zero-order chi connectivity index (χ0) is 12.0. The van der Waals surface area contributed by atoms with Gasteiger partial charge in [0.15, 0.2) is 0 Å². The molecule has 3 heteroatoms. The molecule has 3 nitrogen and oxygen atoms in total. The first-order chi connectivity index (χ1) is 6.93. The molecule has 0 aliphatic heterocycles. The van der Waals surface area contributed by atoms with Gasteiger partial charge in [-0.1, -0.05) is 26.0 Å². The van der Waals surface area contributed by atoms with Crippen molar-refractivity contribution in [2.75, 3.05) is 14.2 Å². The normalized spacial score (nSPS) is 14.8. The zero-order valence-electron chi connectivity index (χ0n) is 10.4. The fourth-order valence-electron chi connectivity index (χ4n) is 1.45. The van der Waals surface area contributed by atoms with E-state index in [4.69, 9.17) is 4.74 Å². The molecule has 0 N–H and O–H groups in total. The predicted molar refractivity (Wildman–Crippen MR) is 60.6 cm³/mol. The van der Waals surface area contributed by atoms with Gasteiger partial charge in [0, 0.05) is 13.0 Å². The third-order valence-corrected chi connectivity index (χ3v) is 2.77. The lowest BCUT2D eigenvalue weighted by molar-refractivity contribution is -0.142. The first kappa shape index (κ1) is 14.2. The second-order valence-electron chi connectivity index (χ2n) is 4.06. The van der Waals surface area contributed by atoms with Crippen LogP contribution in [0.5, 0.6) is 0 Å². The number of carbonyl (C=O) groups is 1. The Hall–Kier alpha value is -0.830. The highest BCUT2D eigenvalue weighted by atomic mass is 16.5. The SMILES string of the molecule is C=C(C(C)C)C(CC(=O)OC)C(C)OC. The fourth-order valence-corrected chi connectivity index (χ4v) is 1.45. The summed E-state index contributed by atoms with van der Waals surface area (Å²) in [7, 11) is 3.04. The third kappa shape index (κ3) is 4.47. The second kappa shape index (κ2) is 6.62. The van der Waals surface area contributed by atoms with E-state index in [9.17, 15) is 4.79 Å². The summed E-state index contributed by atoms with van der Waals surface area (Å²) in [4.78, 5) is 11.3. The molecule has 0 aliphatic rings. The molecule has 0 fully saturated rings. The van der Waals surface area contributed by atoms with E-state index in [0.717, 1.165) is 5.57 Å². The van der Waals surface area contributed by atoms with Crippen LogP contribution in [0, 0.1) is 11.8 Å². The van der Waals surface area contributed by atoms with Crippen LogP contribution in [0.4, 0.5) is 0 Å². The van der Waals surface area contributed by atoms with Crippen molar-refractivity contribution >= 4 is 5.97 Å². The molecule has 0 heterocycles. The van der Waals surface area contributed by atoms with Gasteiger partial charge in [0.1, 0.15) is 0 Å². The van der Waals surface area contributed by atoms with E-state index < -0.39 is 0 Å². The quantitative estimate of drug-likeness (QED) is 0.503. The molecule has 0 aromatic heterocycles. The second-order valence-corrected chi connectivity index (χ2v) is 4.06. The minimum Gasteiger partial charge on any atom is -0.469 e. The topological polar surface area (TPSA) is 35.5 Å². The number of carbonyl (C=O) groups excluding carboxylic acids is 1. The van der Waals surface area contributed by atoms with E-state index in [0.29, 0.717) is 12.3 Å². The number of rotatable bonds is 6. The van der Waals surface area contributed by atoms with Crippen LogP contribution in [-0.2, 0) is 14.3 Å². The van der Waals surface area contributed by atoms with E-state index in [2.05, 4.69) is 25.2 Å². The molecule has 2 unspecified atom stereocenters. The van der Waals surface area contributed by atoms with Crippen molar-refractivity contribution in [3.05, 3.63) is 12.2 Å². The monoisotopic (exact) mass is 214 g/mol. The summed E-state index contributed by atoms with van der Waals surface area (Å²) in [5.41, 5.74) is 1.04. The summed E-state index contributed by atoms with van der Waals surface area (Å²) in [5.74, 6) is 0.158. The lowest BCUT2D eigenvalue weighted by Gasteiger charge is -2.26. The molecular formula is C12H22O3. The van der Waals surface area contributed by atoms with Crippen LogP contribution in [0.3, 0.4) is 0 Å². The van der Waals surface area contributed by atoms with Gasteiger partial charge in [-0.2, -0.15) is 0 Å². The molecule has 0 saturated carbocycles. The molecule has 0 spiro atoms. The highest BCUT2D eigenvalue weighted by molar-refractivity contribution is 5.70. The molecule has 2 atom stereocenters. The Morgan fingerprint density at radius 2 is 1.80 bits per heavy atom. The predicted octanol–water partition coefficient (Wildman–Crippen LogP) is 2.41. The summed E-state index contributed by atoms with van der Waals surface area (Å²) in [6.07, 6.45) is 0.321. The van der Waals surface area contributed by atoms with Crippen molar-refractivity contribution in [1.82, 2.24) is 0 Å². The molecule has 0 rings (SSSR count). The highest BCUT2D eigenvalue weighted by Crippen LogP contribution is 2.26. The van der Waals surface area contributed by atoms with Gasteiger partial charge in [-0.05, 0) is 12.8 Å². The van der Waals surface area contributed by atoms with Crippen LogP contribution >= 0.6 is 0 Å². The third-order valence-electron chi connectivity index (χ3n) is 2.77. The molecule has 15 heavy (non-hydrogen) atoms. The summed E-state index contributed by atoms with van der Waals surface area (Å²) >= 11 is 0. The maximum absolute atomic E-state index is 11.3. The van der Waals surface area contributed by atoms with Crippen molar-refractivity contribution in [2.45, 2.75) is 33.3 Å². The first-order valence-electron chi connectivity index (χ1n) is 5.22. The van der Waals surface area contributed by atoms with Crippen molar-refractivity contribution in [1.29, 1.82) is 0 Å². The van der Waals surface area contributed by atoms with Gasteiger partial charge in [-0.15, -0.1) is 0 Å². The standard InChI is InChI=1S/C12H22O3/c1-8(2)9(3)11(10(4)14-5)7-12(13)15-6/h8,10-11H,3,7H2,1-2,4-6H3. The summed E-state index contributed by atoms with van der Waals surface area (Å²) in [5, 5.41) is 0. The van der Waals surface area contributed by atoms with Gasteiger partial charge in [-0.3, -0.25) is 4.79 Å². The molecule has 0 aromatic carbocycles. The lowest BCUT2D eigenvalue weighted by Crippen LogP contribution is -2.26. The van der Waals surface area contributed by atoms with Crippen LogP contribution in [0.1, 0.15) is 27.2 Å². The summed E-state index contributed by atoms with van der Waals surface area (Å²) in [6.45, 7) is 10.1. The van der Waals surface area contributed by atoms with Crippen LogP contribution in [0.25, 0.3) is 0 Å². The molecule has 0 bridgehead atoms. The Morgan fingerprint density at radius 1 is 1.27 bits per heavy atom. The van der Waals surface area contributed by atoms with Crippen molar-refractivity contribution in [3.8, 4) is 0 Å². The van der Waals surface area contributed by atoms with Crippen LogP contribution in [0.15, 0.2) is 12.2 Å². The number of esters is 1. The number of hydrogen-bond acceptors (Lipinski definition) is 3. The Morgan fingerprint density at radius 3 is 2.13 bits per heavy atom. The van der Waals surface area contributed by atoms with Gasteiger partial charge >= 0.3 is 5.97 Å². The molecule has 0 aromatic rings. The zero-order valence-corrected chi connectivity index (χ0v) is 10.4. The van der Waals surface area contributed by atoms with Gasteiger partial charge in [-0.25, -0.2) is 0 Å². The van der Waals surface area contributed by atoms with Gasteiger partial charge in [0.2, 0.25) is 0 Å². The van der Waals surface area contributed by atoms with Crippen molar-refractivity contribution in [3.63, 3.8) is 0 Å². The van der Waals surface area contributed by atoms with Gasteiger partial charge in [0.05, 0.1) is 19.6 Å². The van der Waals surface area contributed by atoms with Gasteiger partial charge in [0.25, 0.3) is 0 Å². The lowest BCUT2D eigenvalue weighted by atomic mass is 9.85. The minimum absolute atomic E-state index is 0.0148. The maximum Gasteiger partial charge on any atom is 0.306 e. The molecule has 0 amide bonds. The Balaban J connectivity index is 4.58. The molecule has 88 valence electrons. The van der Waals surface area contributed by atoms with Crippen LogP contribution in [0.2, 0.25) is 0 Å². The average Bonchev–Trinajstić information content (AvgIpc) is 2.23. The molecule has 0 saturated heterocycles. The smallest absolute Gasteiger partial charge is 0.306 e. The average molecular weight is 214 g/mol. The van der Waals surface area contributed by atoms with Crippen molar-refractivity contribution in [2.24, 2.45) is 11.8 Å². The molecular weight excluding hydrogens is 192 g/mol. The van der Waals surface area contributed by atoms with E-state index in [1.165, 1.54) is 7.11 Å². The fraction of sp³-hybridized carbons (Fsp3) is 0.750.